The molecule has 1 heterocycles. The summed E-state index contributed by atoms with van der Waals surface area (Å²) < 4.78 is 5.61. The third-order valence-electron chi connectivity index (χ3n) is 2.68. The molecule has 0 unspecified atom stereocenters. The van der Waals surface area contributed by atoms with Crippen LogP contribution in [0.5, 0.6) is 5.75 Å². The Bertz CT molecular complexity index is 334. The zero-order chi connectivity index (χ0) is 10.7. The van der Waals surface area contributed by atoms with Crippen LogP contribution in [0.25, 0.3) is 0 Å². The highest BCUT2D eigenvalue weighted by molar-refractivity contribution is 6.32. The predicted molar refractivity (Wildman–Crippen MR) is 64.1 cm³/mol. The van der Waals surface area contributed by atoms with E-state index < -0.39 is 0 Å². The maximum Gasteiger partial charge on any atom is 0.161 e. The highest BCUT2D eigenvalue weighted by Crippen LogP contribution is 2.36. The number of benzene rings is 1. The molecule has 0 N–H and O–H groups in total. The van der Waals surface area contributed by atoms with E-state index >= 15 is 0 Å². The standard InChI is InChI=1S/C12H16ClNO/c1-2-15-12-10(13)6-5-7-11(12)14-8-3-4-9-14/h5-7H,2-4,8-9H2,1H3. The summed E-state index contributed by atoms with van der Waals surface area (Å²) in [6.45, 7) is 4.86. The van der Waals surface area contributed by atoms with E-state index in [4.69, 9.17) is 16.3 Å². The van der Waals surface area contributed by atoms with E-state index in [1.165, 1.54) is 12.8 Å². The molecule has 0 amide bonds. The van der Waals surface area contributed by atoms with Crippen molar-refractivity contribution in [1.29, 1.82) is 0 Å². The Morgan fingerprint density at radius 2 is 2.07 bits per heavy atom. The molecule has 0 aliphatic carbocycles. The van der Waals surface area contributed by atoms with Gasteiger partial charge in [-0.1, -0.05) is 17.7 Å². The Hall–Kier alpha value is -0.890. The van der Waals surface area contributed by atoms with E-state index in [1.807, 2.05) is 19.1 Å². The minimum Gasteiger partial charge on any atom is -0.490 e. The third kappa shape index (κ3) is 2.20. The van der Waals surface area contributed by atoms with Crippen LogP contribution in [0, 0.1) is 0 Å². The zero-order valence-electron chi connectivity index (χ0n) is 9.00. The SMILES string of the molecule is CCOc1c(Cl)cccc1N1CCCC1. The summed E-state index contributed by atoms with van der Waals surface area (Å²) in [4.78, 5) is 2.34. The normalized spacial score (nSPS) is 15.7. The first-order chi connectivity index (χ1) is 7.33. The summed E-state index contributed by atoms with van der Waals surface area (Å²) in [5.41, 5.74) is 1.14. The molecular formula is C12H16ClNO. The molecule has 1 aliphatic heterocycles. The smallest absolute Gasteiger partial charge is 0.161 e. The van der Waals surface area contributed by atoms with Gasteiger partial charge in [0.1, 0.15) is 0 Å². The molecule has 0 bridgehead atoms. The van der Waals surface area contributed by atoms with Gasteiger partial charge in [-0.25, -0.2) is 0 Å². The van der Waals surface area contributed by atoms with Crippen molar-refractivity contribution in [3.05, 3.63) is 23.2 Å². The number of ether oxygens (including phenoxy) is 1. The molecule has 0 spiro atoms. The van der Waals surface area contributed by atoms with Crippen LogP contribution in [-0.4, -0.2) is 19.7 Å². The lowest BCUT2D eigenvalue weighted by atomic mass is 10.2. The van der Waals surface area contributed by atoms with Crippen molar-refractivity contribution in [3.63, 3.8) is 0 Å². The van der Waals surface area contributed by atoms with Crippen molar-refractivity contribution < 1.29 is 4.74 Å². The van der Waals surface area contributed by atoms with Crippen LogP contribution in [0.1, 0.15) is 19.8 Å². The quantitative estimate of drug-likeness (QED) is 0.783. The number of anilines is 1. The van der Waals surface area contributed by atoms with Gasteiger partial charge in [0.15, 0.2) is 5.75 Å². The molecule has 1 fully saturated rings. The Morgan fingerprint density at radius 1 is 1.33 bits per heavy atom. The third-order valence-corrected chi connectivity index (χ3v) is 2.98. The zero-order valence-corrected chi connectivity index (χ0v) is 9.76. The van der Waals surface area contributed by atoms with E-state index in [9.17, 15) is 0 Å². The number of nitrogens with zero attached hydrogens (tertiary/aromatic N) is 1. The van der Waals surface area contributed by atoms with Gasteiger partial charge >= 0.3 is 0 Å². The fourth-order valence-corrected chi connectivity index (χ4v) is 2.22. The molecule has 82 valence electrons. The second-order valence-corrected chi connectivity index (χ2v) is 4.12. The Labute approximate surface area is 95.8 Å². The summed E-state index contributed by atoms with van der Waals surface area (Å²) in [5.74, 6) is 0.837. The Kier molecular flexibility index (Phi) is 3.37. The Morgan fingerprint density at radius 3 is 2.73 bits per heavy atom. The van der Waals surface area contributed by atoms with Crippen LogP contribution < -0.4 is 9.64 Å². The minimum absolute atomic E-state index is 0.657. The molecule has 1 saturated heterocycles. The number of rotatable bonds is 3. The molecule has 3 heteroatoms. The van der Waals surface area contributed by atoms with Gasteiger partial charge in [0.05, 0.1) is 17.3 Å². The summed E-state index contributed by atoms with van der Waals surface area (Å²) >= 11 is 6.13. The summed E-state index contributed by atoms with van der Waals surface area (Å²) in [7, 11) is 0. The molecule has 15 heavy (non-hydrogen) atoms. The topological polar surface area (TPSA) is 12.5 Å². The van der Waals surface area contributed by atoms with E-state index in [0.29, 0.717) is 11.6 Å². The van der Waals surface area contributed by atoms with E-state index in [-0.39, 0.29) is 0 Å². The van der Waals surface area contributed by atoms with Crippen LogP contribution in [-0.2, 0) is 0 Å². The maximum absolute atomic E-state index is 6.13. The number of para-hydroxylation sites is 1. The van der Waals surface area contributed by atoms with Gasteiger partial charge in [0.25, 0.3) is 0 Å². The van der Waals surface area contributed by atoms with Gasteiger partial charge in [-0.3, -0.25) is 0 Å². The molecule has 0 atom stereocenters. The largest absolute Gasteiger partial charge is 0.490 e. The van der Waals surface area contributed by atoms with Gasteiger partial charge < -0.3 is 9.64 Å². The van der Waals surface area contributed by atoms with Crippen molar-refractivity contribution in [1.82, 2.24) is 0 Å². The number of hydrogen-bond acceptors (Lipinski definition) is 2. The van der Waals surface area contributed by atoms with Gasteiger partial charge in [-0.2, -0.15) is 0 Å². The lowest BCUT2D eigenvalue weighted by molar-refractivity contribution is 0.341. The fourth-order valence-electron chi connectivity index (χ4n) is 1.99. The van der Waals surface area contributed by atoms with Crippen LogP contribution in [0.4, 0.5) is 5.69 Å². The molecule has 1 aromatic rings. The fraction of sp³-hybridized carbons (Fsp3) is 0.500. The van der Waals surface area contributed by atoms with Gasteiger partial charge in [0, 0.05) is 13.1 Å². The first-order valence-corrected chi connectivity index (χ1v) is 5.87. The lowest BCUT2D eigenvalue weighted by Crippen LogP contribution is -2.18. The van der Waals surface area contributed by atoms with Crippen LogP contribution >= 0.6 is 11.6 Å². The molecule has 2 nitrogen and oxygen atoms in total. The van der Waals surface area contributed by atoms with Crippen LogP contribution in [0.3, 0.4) is 0 Å². The second-order valence-electron chi connectivity index (χ2n) is 3.72. The number of hydrogen-bond donors (Lipinski definition) is 0. The summed E-state index contributed by atoms with van der Waals surface area (Å²) in [5, 5.41) is 0.709. The summed E-state index contributed by atoms with van der Waals surface area (Å²) in [6, 6.07) is 5.95. The van der Waals surface area contributed by atoms with Crippen molar-refractivity contribution in [2.45, 2.75) is 19.8 Å². The lowest BCUT2D eigenvalue weighted by Gasteiger charge is -2.21. The highest BCUT2D eigenvalue weighted by Gasteiger charge is 2.17. The van der Waals surface area contributed by atoms with Crippen LogP contribution in [0.2, 0.25) is 5.02 Å². The molecule has 0 radical (unpaired) electrons. The molecule has 2 rings (SSSR count). The monoisotopic (exact) mass is 225 g/mol. The molecule has 1 aliphatic rings. The maximum atomic E-state index is 6.13. The summed E-state index contributed by atoms with van der Waals surface area (Å²) in [6.07, 6.45) is 2.52. The highest BCUT2D eigenvalue weighted by atomic mass is 35.5. The average Bonchev–Trinajstić information content (AvgIpc) is 2.74. The first-order valence-electron chi connectivity index (χ1n) is 5.49. The van der Waals surface area contributed by atoms with Crippen molar-refractivity contribution >= 4 is 17.3 Å². The van der Waals surface area contributed by atoms with Crippen molar-refractivity contribution in [2.24, 2.45) is 0 Å². The van der Waals surface area contributed by atoms with E-state index in [1.54, 1.807) is 0 Å². The predicted octanol–water partition coefficient (Wildman–Crippen LogP) is 3.34. The molecule has 1 aromatic carbocycles. The van der Waals surface area contributed by atoms with Crippen molar-refractivity contribution in [2.75, 3.05) is 24.6 Å². The van der Waals surface area contributed by atoms with Crippen LogP contribution in [0.15, 0.2) is 18.2 Å². The average molecular weight is 226 g/mol. The van der Waals surface area contributed by atoms with E-state index in [2.05, 4.69) is 11.0 Å². The second kappa shape index (κ2) is 4.75. The Balaban J connectivity index is 2.31. The van der Waals surface area contributed by atoms with Gasteiger partial charge in [-0.15, -0.1) is 0 Å². The molecule has 0 aromatic heterocycles. The minimum atomic E-state index is 0.657. The first kappa shape index (κ1) is 10.6. The molecule has 0 saturated carbocycles. The van der Waals surface area contributed by atoms with Gasteiger partial charge in [0.2, 0.25) is 0 Å². The van der Waals surface area contributed by atoms with Gasteiger partial charge in [-0.05, 0) is 31.9 Å². The molecular weight excluding hydrogens is 210 g/mol. The van der Waals surface area contributed by atoms with E-state index in [0.717, 1.165) is 24.5 Å². The number of halogens is 1. The van der Waals surface area contributed by atoms with Crippen molar-refractivity contribution in [3.8, 4) is 5.75 Å².